The molecule has 0 unspecified atom stereocenters. The molecule has 0 saturated heterocycles. The Morgan fingerprint density at radius 2 is 1.21 bits per heavy atom. The van der Waals surface area contributed by atoms with Crippen molar-refractivity contribution in [3.63, 3.8) is 0 Å². The Morgan fingerprint density at radius 3 is 1.88 bits per heavy atom. The second-order valence-electron chi connectivity index (χ2n) is 11.5. The molecule has 2 aromatic heterocycles. The lowest BCUT2D eigenvalue weighted by atomic mass is 9.74. The fourth-order valence-electron chi connectivity index (χ4n) is 7.45. The maximum absolute atomic E-state index is 4.70. The van der Waals surface area contributed by atoms with Crippen LogP contribution in [0, 0.1) is 0 Å². The van der Waals surface area contributed by atoms with Crippen molar-refractivity contribution < 1.29 is 4.57 Å². The average Bonchev–Trinajstić information content (AvgIpc) is 3.39. The van der Waals surface area contributed by atoms with Crippen molar-refractivity contribution in [3.8, 4) is 28.1 Å². The second kappa shape index (κ2) is 9.29. The van der Waals surface area contributed by atoms with Crippen molar-refractivity contribution in [2.24, 2.45) is 0 Å². The van der Waals surface area contributed by atoms with Crippen molar-refractivity contribution >= 4 is 38.2 Å². The maximum atomic E-state index is 4.70. The molecule has 0 N–H and O–H groups in total. The minimum absolute atomic E-state index is 0.127. The van der Waals surface area contributed by atoms with E-state index in [1.165, 1.54) is 71.8 Å². The van der Waals surface area contributed by atoms with Gasteiger partial charge in [-0.05, 0) is 58.5 Å². The van der Waals surface area contributed by atoms with Crippen molar-refractivity contribution in [1.82, 2.24) is 4.57 Å². The summed E-state index contributed by atoms with van der Waals surface area (Å²) in [5, 5.41) is 5.12. The number of rotatable bonds is 4. The standard InChI is InChI=1S/C40H33N2/c1-4-40(5-2)27(3)32-23-20-30(26-36(32)39-33-13-7-6-12-29(33)24-25-41(39)40)28-18-21-31(22-19-28)42-37-16-10-8-14-34(37)35-15-9-11-17-38(35)42/h6-26H,3-5H2,1-2H3/q+1. The molecular weight excluding hydrogens is 508 g/mol. The molecular formula is C40H33N2+. The molecule has 5 aromatic carbocycles. The number of hydrogen-bond acceptors (Lipinski definition) is 0. The zero-order chi connectivity index (χ0) is 28.4. The average molecular weight is 542 g/mol. The predicted octanol–water partition coefficient (Wildman–Crippen LogP) is 10.1. The number of aromatic nitrogens is 2. The van der Waals surface area contributed by atoms with Crippen LogP contribution >= 0.6 is 0 Å². The zero-order valence-electron chi connectivity index (χ0n) is 24.1. The van der Waals surface area contributed by atoms with Crippen LogP contribution in [0.5, 0.6) is 0 Å². The molecule has 3 heterocycles. The molecule has 1 aliphatic rings. The van der Waals surface area contributed by atoms with E-state index in [0.29, 0.717) is 0 Å². The molecule has 2 heteroatoms. The van der Waals surface area contributed by atoms with E-state index in [1.54, 1.807) is 0 Å². The van der Waals surface area contributed by atoms with Gasteiger partial charge < -0.3 is 4.57 Å². The SMILES string of the molecule is C=C1c2ccc(-c3ccc(-n4c5ccccc5c5ccccc54)cc3)cc2-c2c3ccccc3cc[n+]2C1(CC)CC. The third-order valence-electron chi connectivity index (χ3n) is 9.69. The van der Waals surface area contributed by atoms with Crippen molar-refractivity contribution in [2.75, 3.05) is 0 Å². The Kier molecular flexibility index (Phi) is 5.49. The van der Waals surface area contributed by atoms with Gasteiger partial charge in [0.05, 0.1) is 22.0 Å². The molecule has 0 fully saturated rings. The summed E-state index contributed by atoms with van der Waals surface area (Å²) in [4.78, 5) is 0. The van der Waals surface area contributed by atoms with Gasteiger partial charge in [-0.25, -0.2) is 0 Å². The van der Waals surface area contributed by atoms with Crippen LogP contribution in [0.1, 0.15) is 32.3 Å². The van der Waals surface area contributed by atoms with Crippen molar-refractivity contribution in [2.45, 2.75) is 32.2 Å². The largest absolute Gasteiger partial charge is 0.309 e. The molecule has 0 amide bonds. The molecule has 0 saturated carbocycles. The van der Waals surface area contributed by atoms with Crippen LogP contribution in [-0.2, 0) is 5.54 Å². The van der Waals surface area contributed by atoms with Gasteiger partial charge in [-0.3, -0.25) is 0 Å². The molecule has 2 nitrogen and oxygen atoms in total. The van der Waals surface area contributed by atoms with Gasteiger partial charge in [0.1, 0.15) is 0 Å². The second-order valence-corrected chi connectivity index (χ2v) is 11.5. The van der Waals surface area contributed by atoms with Crippen LogP contribution in [-0.4, -0.2) is 4.57 Å². The summed E-state index contributed by atoms with van der Waals surface area (Å²) >= 11 is 0. The molecule has 1 aliphatic heterocycles. The molecule has 0 aliphatic carbocycles. The number of pyridine rings is 1. The Morgan fingerprint density at radius 1 is 0.619 bits per heavy atom. The first-order valence-corrected chi connectivity index (χ1v) is 15.0. The van der Waals surface area contributed by atoms with Crippen LogP contribution in [0.3, 0.4) is 0 Å². The zero-order valence-corrected chi connectivity index (χ0v) is 24.1. The third-order valence-corrected chi connectivity index (χ3v) is 9.69. The summed E-state index contributed by atoms with van der Waals surface area (Å²) in [7, 11) is 0. The first-order valence-electron chi connectivity index (χ1n) is 15.0. The Labute approximate surface area is 246 Å². The van der Waals surface area contributed by atoms with Gasteiger partial charge in [0, 0.05) is 40.9 Å². The van der Waals surface area contributed by atoms with E-state index in [-0.39, 0.29) is 5.54 Å². The molecule has 0 radical (unpaired) electrons. The highest BCUT2D eigenvalue weighted by atomic mass is 15.1. The monoisotopic (exact) mass is 541 g/mol. The lowest BCUT2D eigenvalue weighted by molar-refractivity contribution is -0.740. The molecule has 0 bridgehead atoms. The van der Waals surface area contributed by atoms with E-state index in [2.05, 4.69) is 151 Å². The lowest BCUT2D eigenvalue weighted by Gasteiger charge is -2.35. The summed E-state index contributed by atoms with van der Waals surface area (Å²) in [5.74, 6) is 0. The first-order chi connectivity index (χ1) is 20.6. The smallest absolute Gasteiger partial charge is 0.221 e. The van der Waals surface area contributed by atoms with Crippen LogP contribution < -0.4 is 4.57 Å². The minimum atomic E-state index is -0.127. The van der Waals surface area contributed by atoms with Crippen LogP contribution in [0.25, 0.3) is 66.2 Å². The quantitative estimate of drug-likeness (QED) is 0.196. The fraction of sp³-hybridized carbons (Fsp3) is 0.125. The van der Waals surface area contributed by atoms with Gasteiger partial charge in [0.15, 0.2) is 11.7 Å². The van der Waals surface area contributed by atoms with Crippen LogP contribution in [0.15, 0.2) is 134 Å². The van der Waals surface area contributed by atoms with E-state index < -0.39 is 0 Å². The highest BCUT2D eigenvalue weighted by Crippen LogP contribution is 2.46. The molecule has 0 spiro atoms. The highest BCUT2D eigenvalue weighted by molar-refractivity contribution is 6.09. The van der Waals surface area contributed by atoms with E-state index >= 15 is 0 Å². The topological polar surface area (TPSA) is 8.81 Å². The van der Waals surface area contributed by atoms with Gasteiger partial charge in [-0.15, -0.1) is 0 Å². The molecule has 0 atom stereocenters. The van der Waals surface area contributed by atoms with Crippen LogP contribution in [0.2, 0.25) is 0 Å². The number of nitrogens with zero attached hydrogens (tertiary/aromatic N) is 2. The summed E-state index contributed by atoms with van der Waals surface area (Å²) in [6, 6.07) is 44.4. The number of benzene rings is 5. The fourth-order valence-corrected chi connectivity index (χ4v) is 7.45. The van der Waals surface area contributed by atoms with Crippen molar-refractivity contribution in [1.29, 1.82) is 0 Å². The van der Waals surface area contributed by atoms with Crippen LogP contribution in [0.4, 0.5) is 0 Å². The Balaban J connectivity index is 1.29. The van der Waals surface area contributed by atoms with Gasteiger partial charge in [-0.1, -0.05) is 99.3 Å². The van der Waals surface area contributed by atoms with Gasteiger partial charge in [-0.2, -0.15) is 4.57 Å². The summed E-state index contributed by atoms with van der Waals surface area (Å²) < 4.78 is 4.88. The normalized spacial score (nSPS) is 13.9. The number of hydrogen-bond donors (Lipinski definition) is 0. The molecule has 202 valence electrons. The highest BCUT2D eigenvalue weighted by Gasteiger charge is 2.47. The Hall–Kier alpha value is -4.95. The van der Waals surface area contributed by atoms with Gasteiger partial charge in [0.25, 0.3) is 0 Å². The molecule has 8 rings (SSSR count). The number of fused-ring (bicyclic) bond motifs is 8. The van der Waals surface area contributed by atoms with Crippen molar-refractivity contribution in [3.05, 3.63) is 140 Å². The summed E-state index contributed by atoms with van der Waals surface area (Å²) in [6.07, 6.45) is 4.29. The molecule has 42 heavy (non-hydrogen) atoms. The number of para-hydroxylation sites is 2. The lowest BCUT2D eigenvalue weighted by Crippen LogP contribution is -2.59. The summed E-state index contributed by atoms with van der Waals surface area (Å²) in [6.45, 7) is 9.28. The number of allylic oxidation sites excluding steroid dienone is 1. The molecule has 7 aromatic rings. The Bertz CT molecular complexity index is 2120. The van der Waals surface area contributed by atoms with E-state index in [4.69, 9.17) is 6.58 Å². The van der Waals surface area contributed by atoms with Gasteiger partial charge >= 0.3 is 0 Å². The predicted molar refractivity (Wildman–Crippen MR) is 177 cm³/mol. The van der Waals surface area contributed by atoms with E-state index in [9.17, 15) is 0 Å². The van der Waals surface area contributed by atoms with Gasteiger partial charge in [0.2, 0.25) is 5.69 Å². The van der Waals surface area contributed by atoms with E-state index in [0.717, 1.165) is 12.8 Å². The first kappa shape index (κ1) is 24.8. The van der Waals surface area contributed by atoms with E-state index in [1.807, 2.05) is 0 Å². The summed E-state index contributed by atoms with van der Waals surface area (Å²) in [5.41, 5.74) is 11.0. The third kappa shape index (κ3) is 3.36. The maximum Gasteiger partial charge on any atom is 0.221 e. The minimum Gasteiger partial charge on any atom is -0.309 e.